The number of nitrogens with zero attached hydrogens (tertiary/aromatic N) is 4. The van der Waals surface area contributed by atoms with Crippen molar-refractivity contribution in [2.75, 3.05) is 12.3 Å². The molecule has 0 spiro atoms. The maximum atomic E-state index is 14.9. The maximum absolute atomic E-state index is 14.9. The number of fused-ring (bicyclic) bond motifs is 3. The van der Waals surface area contributed by atoms with Gasteiger partial charge in [0.15, 0.2) is 0 Å². The van der Waals surface area contributed by atoms with Crippen molar-refractivity contribution in [3.8, 4) is 0 Å². The third-order valence-corrected chi connectivity index (χ3v) is 5.83. The zero-order valence-electron chi connectivity index (χ0n) is 16.6. The van der Waals surface area contributed by atoms with E-state index < -0.39 is 29.5 Å². The van der Waals surface area contributed by atoms with Crippen molar-refractivity contribution in [2.24, 2.45) is 0 Å². The Labute approximate surface area is 179 Å². The van der Waals surface area contributed by atoms with Crippen LogP contribution >= 0.6 is 0 Å². The lowest BCUT2D eigenvalue weighted by Gasteiger charge is -2.26. The molecule has 0 saturated carbocycles. The van der Waals surface area contributed by atoms with Gasteiger partial charge < -0.3 is 10.6 Å². The molecule has 0 aliphatic carbocycles. The van der Waals surface area contributed by atoms with Crippen molar-refractivity contribution >= 4 is 28.3 Å². The molecule has 2 N–H and O–H groups in total. The van der Waals surface area contributed by atoms with Gasteiger partial charge in [0.05, 0.1) is 40.7 Å². The van der Waals surface area contributed by atoms with E-state index >= 15 is 0 Å². The lowest BCUT2D eigenvalue weighted by molar-refractivity contribution is -0.137. The Kier molecular flexibility index (Phi) is 4.54. The van der Waals surface area contributed by atoms with E-state index in [1.807, 2.05) is 0 Å². The van der Waals surface area contributed by atoms with E-state index in [4.69, 9.17) is 5.73 Å². The molecular formula is C22H17F4N5O. The highest BCUT2D eigenvalue weighted by molar-refractivity contribution is 5.98. The average molecular weight is 443 g/mol. The number of aromatic nitrogens is 3. The van der Waals surface area contributed by atoms with Crippen LogP contribution in [-0.4, -0.2) is 31.7 Å². The molecule has 0 bridgehead atoms. The van der Waals surface area contributed by atoms with Gasteiger partial charge in [-0.2, -0.15) is 13.2 Å². The molecule has 1 fully saturated rings. The first-order valence-electron chi connectivity index (χ1n) is 9.93. The van der Waals surface area contributed by atoms with Crippen molar-refractivity contribution < 1.29 is 22.4 Å². The van der Waals surface area contributed by atoms with Gasteiger partial charge in [-0.05, 0) is 36.6 Å². The van der Waals surface area contributed by atoms with Crippen LogP contribution in [0.3, 0.4) is 0 Å². The van der Waals surface area contributed by atoms with Gasteiger partial charge in [-0.1, -0.05) is 12.1 Å². The predicted octanol–water partition coefficient (Wildman–Crippen LogP) is 4.60. The molecule has 1 aliphatic heterocycles. The Hall–Kier alpha value is -3.69. The summed E-state index contributed by atoms with van der Waals surface area (Å²) >= 11 is 0. The minimum Gasteiger partial charge on any atom is -0.382 e. The van der Waals surface area contributed by atoms with Crippen molar-refractivity contribution in [3.05, 3.63) is 71.4 Å². The third-order valence-electron chi connectivity index (χ3n) is 5.83. The van der Waals surface area contributed by atoms with Crippen LogP contribution in [0.1, 0.15) is 40.4 Å². The molecule has 32 heavy (non-hydrogen) atoms. The Morgan fingerprint density at radius 2 is 1.88 bits per heavy atom. The van der Waals surface area contributed by atoms with Gasteiger partial charge >= 0.3 is 6.18 Å². The zero-order valence-corrected chi connectivity index (χ0v) is 16.6. The van der Waals surface area contributed by atoms with Crippen molar-refractivity contribution in [1.29, 1.82) is 0 Å². The summed E-state index contributed by atoms with van der Waals surface area (Å²) < 4.78 is 55.2. The summed E-state index contributed by atoms with van der Waals surface area (Å²) in [5.41, 5.74) is 6.87. The first-order chi connectivity index (χ1) is 15.2. The Bertz CT molecular complexity index is 1350. The van der Waals surface area contributed by atoms with Crippen molar-refractivity contribution in [2.45, 2.75) is 25.1 Å². The summed E-state index contributed by atoms with van der Waals surface area (Å²) in [4.78, 5) is 23.0. The molecule has 0 radical (unpaired) electrons. The zero-order chi connectivity index (χ0) is 22.6. The number of carbonyl (C=O) groups is 1. The van der Waals surface area contributed by atoms with E-state index in [0.29, 0.717) is 36.0 Å². The Morgan fingerprint density at radius 3 is 2.59 bits per heavy atom. The molecule has 1 aliphatic rings. The minimum absolute atomic E-state index is 0.141. The Morgan fingerprint density at radius 1 is 1.12 bits per heavy atom. The molecule has 0 unspecified atom stereocenters. The molecule has 164 valence electrons. The van der Waals surface area contributed by atoms with Gasteiger partial charge in [-0.3, -0.25) is 9.20 Å². The summed E-state index contributed by atoms with van der Waals surface area (Å²) in [5.74, 6) is -1.08. The number of alkyl halides is 3. The van der Waals surface area contributed by atoms with Gasteiger partial charge in [0.1, 0.15) is 17.2 Å². The van der Waals surface area contributed by atoms with Crippen LogP contribution in [0.2, 0.25) is 0 Å². The van der Waals surface area contributed by atoms with E-state index in [1.165, 1.54) is 35.6 Å². The van der Waals surface area contributed by atoms with Crippen LogP contribution in [0.25, 0.3) is 16.6 Å². The van der Waals surface area contributed by atoms with Crippen LogP contribution < -0.4 is 5.73 Å². The summed E-state index contributed by atoms with van der Waals surface area (Å²) in [6, 6.07) is 6.88. The predicted molar refractivity (Wildman–Crippen MR) is 109 cm³/mol. The van der Waals surface area contributed by atoms with Gasteiger partial charge in [0.2, 0.25) is 0 Å². The van der Waals surface area contributed by atoms with Crippen molar-refractivity contribution in [3.63, 3.8) is 0 Å². The molecule has 10 heteroatoms. The number of hydrogen-bond acceptors (Lipinski definition) is 4. The van der Waals surface area contributed by atoms with E-state index in [1.54, 1.807) is 4.40 Å². The van der Waals surface area contributed by atoms with E-state index in [0.717, 1.165) is 18.2 Å². The first kappa shape index (κ1) is 20.2. The van der Waals surface area contributed by atoms with Crippen LogP contribution in [-0.2, 0) is 6.18 Å². The summed E-state index contributed by atoms with van der Waals surface area (Å²) in [6.45, 7) is 0.377. The van der Waals surface area contributed by atoms with Crippen LogP contribution in [0, 0.1) is 5.82 Å². The largest absolute Gasteiger partial charge is 0.416 e. The average Bonchev–Trinajstić information content (AvgIpc) is 3.43. The lowest BCUT2D eigenvalue weighted by atomic mass is 10.0. The monoisotopic (exact) mass is 443 g/mol. The number of amides is 1. The van der Waals surface area contributed by atoms with E-state index in [2.05, 4.69) is 9.97 Å². The highest BCUT2D eigenvalue weighted by Gasteiger charge is 2.34. The van der Waals surface area contributed by atoms with Gasteiger partial charge in [-0.15, -0.1) is 0 Å². The molecule has 2 aromatic carbocycles. The fourth-order valence-electron chi connectivity index (χ4n) is 4.27. The number of nitrogens with two attached hydrogens (primary N) is 1. The highest BCUT2D eigenvalue weighted by atomic mass is 19.4. The molecule has 2 aromatic heterocycles. The molecule has 1 amide bonds. The number of hydrogen-bond donors (Lipinski definition) is 1. The quantitative estimate of drug-likeness (QED) is 0.460. The first-order valence-corrected chi connectivity index (χ1v) is 9.93. The standard InChI is InChI=1S/C22H17F4N5O/c23-15-9-16-18(31-11-28-10-19(31)20(27)29-16)8-14(15)21(32)30-7-1-2-17(30)12-3-5-13(6-4-12)22(24,25)26/h3-6,8-11,17H,1-2,7H2,(H2,27,29)/t17-/m1/s1. The molecule has 3 heterocycles. The van der Waals surface area contributed by atoms with Crippen LogP contribution in [0.4, 0.5) is 23.4 Å². The highest BCUT2D eigenvalue weighted by Crippen LogP contribution is 2.36. The molecule has 5 rings (SSSR count). The molecular weight excluding hydrogens is 426 g/mol. The second-order valence-corrected chi connectivity index (χ2v) is 7.74. The van der Waals surface area contributed by atoms with E-state index in [-0.39, 0.29) is 16.9 Å². The fraction of sp³-hybridized carbons (Fsp3) is 0.227. The molecule has 6 nitrogen and oxygen atoms in total. The SMILES string of the molecule is Nc1nc2cc(F)c(C(=O)N3CCC[C@@H]3c3ccc(C(F)(F)F)cc3)cc2n2cncc12. The summed E-state index contributed by atoms with van der Waals surface area (Å²) in [5, 5.41) is 0. The number of carbonyl (C=O) groups excluding carboxylic acids is 1. The topological polar surface area (TPSA) is 76.5 Å². The number of benzene rings is 2. The van der Waals surface area contributed by atoms with Gasteiger partial charge in [0.25, 0.3) is 5.91 Å². The number of rotatable bonds is 2. The number of imidazole rings is 1. The van der Waals surface area contributed by atoms with Gasteiger partial charge in [-0.25, -0.2) is 14.4 Å². The normalized spacial score (nSPS) is 16.9. The second-order valence-electron chi connectivity index (χ2n) is 7.74. The molecule has 1 atom stereocenters. The second kappa shape index (κ2) is 7.18. The number of halogens is 4. The number of anilines is 1. The number of likely N-dealkylation sites (tertiary alicyclic amines) is 1. The van der Waals surface area contributed by atoms with Crippen LogP contribution in [0.5, 0.6) is 0 Å². The third kappa shape index (κ3) is 3.22. The minimum atomic E-state index is -4.44. The smallest absolute Gasteiger partial charge is 0.382 e. The van der Waals surface area contributed by atoms with Crippen LogP contribution in [0.15, 0.2) is 48.9 Å². The summed E-state index contributed by atoms with van der Waals surface area (Å²) in [7, 11) is 0. The van der Waals surface area contributed by atoms with E-state index in [9.17, 15) is 22.4 Å². The lowest BCUT2D eigenvalue weighted by Crippen LogP contribution is -2.31. The molecule has 1 saturated heterocycles. The molecule has 4 aromatic rings. The maximum Gasteiger partial charge on any atom is 0.416 e. The van der Waals surface area contributed by atoms with Gasteiger partial charge in [0, 0.05) is 12.6 Å². The fourth-order valence-corrected chi connectivity index (χ4v) is 4.27. The summed E-state index contributed by atoms with van der Waals surface area (Å²) in [6.07, 6.45) is -0.170. The van der Waals surface area contributed by atoms with Crippen molar-refractivity contribution in [1.82, 2.24) is 19.3 Å². The number of nitrogen functional groups attached to an aromatic ring is 1. The Balaban J connectivity index is 1.53.